The van der Waals surface area contributed by atoms with E-state index >= 15 is 0 Å². The molecule has 5 rings (SSSR count). The molecule has 1 saturated heterocycles. The van der Waals surface area contributed by atoms with Crippen molar-refractivity contribution in [2.45, 2.75) is 36.5 Å². The molecule has 0 radical (unpaired) electrons. The van der Waals surface area contributed by atoms with E-state index in [0.29, 0.717) is 11.1 Å². The van der Waals surface area contributed by atoms with Gasteiger partial charge in [-0.05, 0) is 17.5 Å². The van der Waals surface area contributed by atoms with E-state index in [-0.39, 0.29) is 21.6 Å². The molecule has 3 aromatic rings. The number of nitrogen functional groups attached to an aromatic ring is 1. The first-order valence-electron chi connectivity index (χ1n) is 13.5. The number of fused-ring (bicyclic) bond motifs is 1. The Morgan fingerprint density at radius 2 is 1.72 bits per heavy atom. The van der Waals surface area contributed by atoms with Crippen molar-refractivity contribution in [2.24, 2.45) is 5.16 Å². The molecule has 248 valence electrons. The number of nitrogens with one attached hydrogen (secondary N) is 1. The molecule has 0 aliphatic carbocycles. The van der Waals surface area contributed by atoms with Crippen molar-refractivity contribution in [1.82, 2.24) is 15.2 Å². The molecule has 2 amide bonds. The number of β-lactam (4-membered cyclic amide) rings is 1. The number of amides is 2. The fourth-order valence-electron chi connectivity index (χ4n) is 4.98. The summed E-state index contributed by atoms with van der Waals surface area (Å²) in [6, 6.07) is 14.3. The molecule has 1 unspecified atom stereocenters. The molecule has 0 bridgehead atoms. The van der Waals surface area contributed by atoms with E-state index in [2.05, 4.69) is 19.6 Å². The average Bonchev–Trinajstić information content (AvgIpc) is 3.37. The molecule has 1 fully saturated rings. The van der Waals surface area contributed by atoms with Crippen LogP contribution in [0.4, 0.5) is 18.3 Å². The second kappa shape index (κ2) is 13.2. The third kappa shape index (κ3) is 6.75. The van der Waals surface area contributed by atoms with Crippen molar-refractivity contribution in [3.63, 3.8) is 0 Å². The highest BCUT2D eigenvalue weighted by atomic mass is 35.5. The average molecular weight is 714 g/mol. The number of alkyl halides is 3. The molecule has 2 aromatic carbocycles. The van der Waals surface area contributed by atoms with Crippen LogP contribution < -0.4 is 11.1 Å². The van der Waals surface area contributed by atoms with Crippen molar-refractivity contribution in [1.29, 1.82) is 0 Å². The lowest BCUT2D eigenvalue weighted by Gasteiger charge is -2.49. The van der Waals surface area contributed by atoms with Crippen LogP contribution in [0.1, 0.15) is 35.8 Å². The summed E-state index contributed by atoms with van der Waals surface area (Å²) in [6.07, 6.45) is -1.87. The Labute approximate surface area is 273 Å². The van der Waals surface area contributed by atoms with Crippen LogP contribution in [0.15, 0.2) is 77.3 Å². The lowest BCUT2D eigenvalue weighted by Crippen LogP contribution is -2.72. The van der Waals surface area contributed by atoms with Crippen LogP contribution in [0.3, 0.4) is 0 Å². The molecule has 3 heterocycles. The van der Waals surface area contributed by atoms with Crippen LogP contribution in [0.25, 0.3) is 0 Å². The number of oxime groups is 1. The van der Waals surface area contributed by atoms with Crippen molar-refractivity contribution in [2.75, 3.05) is 12.8 Å². The molecule has 13 nitrogen and oxygen atoms in total. The number of anilines is 1. The predicted molar refractivity (Wildman–Crippen MR) is 161 cm³/mol. The van der Waals surface area contributed by atoms with Gasteiger partial charge in [-0.25, -0.2) is 9.78 Å². The Hall–Kier alpha value is -4.68. The number of hydrogen-bond acceptors (Lipinski definition) is 12. The quantitative estimate of drug-likeness (QED) is 0.0787. The highest BCUT2D eigenvalue weighted by Gasteiger charge is 2.57. The highest BCUT2D eigenvalue weighted by Crippen LogP contribution is 2.41. The Bertz CT molecular complexity index is 1830. The molecule has 3 N–H and O–H groups in total. The van der Waals surface area contributed by atoms with Crippen molar-refractivity contribution >= 4 is 61.7 Å². The Morgan fingerprint density at radius 1 is 1.13 bits per heavy atom. The zero-order valence-corrected chi connectivity index (χ0v) is 26.3. The van der Waals surface area contributed by atoms with E-state index in [1.54, 1.807) is 60.7 Å². The van der Waals surface area contributed by atoms with Gasteiger partial charge in [-0.2, -0.15) is 21.6 Å². The number of nitrogens with zero attached hydrogens (tertiary/aromatic N) is 3. The number of thiazole rings is 1. The number of benzene rings is 2. The second-order valence-electron chi connectivity index (χ2n) is 9.92. The van der Waals surface area contributed by atoms with Crippen LogP contribution in [-0.4, -0.2) is 66.5 Å². The number of rotatable bonds is 10. The molecule has 2 aliphatic rings. The molecule has 19 heteroatoms. The summed E-state index contributed by atoms with van der Waals surface area (Å²) in [5.41, 5.74) is -0.667. The smallest absolute Gasteiger partial charge is 0.448 e. The number of esters is 1. The fourth-order valence-corrected chi connectivity index (χ4v) is 6.43. The Morgan fingerprint density at radius 3 is 2.23 bits per heavy atom. The minimum Gasteiger partial charge on any atom is -0.448 e. The summed E-state index contributed by atoms with van der Waals surface area (Å²) < 4.78 is 74.1. The predicted octanol–water partition coefficient (Wildman–Crippen LogP) is 3.63. The fraction of sp³-hybridized carbons (Fsp3) is 0.250. The Balaban J connectivity index is 1.48. The van der Waals surface area contributed by atoms with E-state index in [9.17, 15) is 36.0 Å². The van der Waals surface area contributed by atoms with E-state index in [1.807, 2.05) is 0 Å². The molecular weight excluding hydrogens is 691 g/mol. The van der Waals surface area contributed by atoms with Crippen LogP contribution in [0, 0.1) is 0 Å². The summed E-state index contributed by atoms with van der Waals surface area (Å²) in [4.78, 5) is 49.9. The number of carbonyl (C=O) groups is 3. The SMILES string of the molecule is CON=C(C(=O)NC1C(=O)N2C(C(=O)OC(c3ccccc3)c3ccccc3)=C(OS(=O)(=O)C(F)(F)F)CC[C@H]12)c1nc(N)sc1Cl. The van der Waals surface area contributed by atoms with E-state index in [1.165, 1.54) is 0 Å². The largest absolute Gasteiger partial charge is 0.534 e. The molecular formula is C28H23ClF3N5O8S2. The maximum atomic E-state index is 13.8. The maximum Gasteiger partial charge on any atom is 0.534 e. The van der Waals surface area contributed by atoms with Crippen molar-refractivity contribution < 1.29 is 49.7 Å². The zero-order chi connectivity index (χ0) is 34.1. The molecule has 47 heavy (non-hydrogen) atoms. The Kier molecular flexibility index (Phi) is 9.46. The first kappa shape index (κ1) is 33.7. The normalized spacial score (nSPS) is 18.4. The number of allylic oxidation sites excluding steroid dienone is 1. The molecule has 2 atom stereocenters. The zero-order valence-electron chi connectivity index (χ0n) is 23.9. The lowest BCUT2D eigenvalue weighted by molar-refractivity contribution is -0.159. The van der Waals surface area contributed by atoms with Gasteiger partial charge in [0.2, 0.25) is 0 Å². The van der Waals surface area contributed by atoms with Crippen LogP contribution >= 0.6 is 22.9 Å². The number of halogens is 4. The van der Waals surface area contributed by atoms with E-state index < -0.39 is 75.2 Å². The number of carbonyl (C=O) groups excluding carboxylic acids is 3. The van der Waals surface area contributed by atoms with Crippen LogP contribution in [0.2, 0.25) is 4.34 Å². The number of aromatic nitrogens is 1. The minimum atomic E-state index is -6.25. The minimum absolute atomic E-state index is 0.000283. The van der Waals surface area contributed by atoms with Gasteiger partial charge in [0.1, 0.15) is 23.2 Å². The van der Waals surface area contributed by atoms with Crippen LogP contribution in [0.5, 0.6) is 0 Å². The molecule has 1 aromatic heterocycles. The van der Waals surface area contributed by atoms with Gasteiger partial charge < -0.3 is 24.8 Å². The van der Waals surface area contributed by atoms with Gasteiger partial charge in [0.05, 0.1) is 6.04 Å². The topological polar surface area (TPSA) is 180 Å². The number of ether oxygens (including phenoxy) is 1. The maximum absolute atomic E-state index is 13.8. The van der Waals surface area contributed by atoms with E-state index in [0.717, 1.165) is 23.3 Å². The van der Waals surface area contributed by atoms with Crippen molar-refractivity contribution in [3.05, 3.63) is 93.3 Å². The summed E-state index contributed by atoms with van der Waals surface area (Å²) >= 11 is 6.96. The molecule has 0 spiro atoms. The van der Waals surface area contributed by atoms with Gasteiger partial charge in [0.25, 0.3) is 11.8 Å². The first-order valence-corrected chi connectivity index (χ1v) is 16.1. The third-order valence-corrected chi connectivity index (χ3v) is 9.09. The number of hydrogen-bond donors (Lipinski definition) is 2. The summed E-state index contributed by atoms with van der Waals surface area (Å²) in [5.74, 6) is -4.24. The highest BCUT2D eigenvalue weighted by molar-refractivity contribution is 7.87. The van der Waals surface area contributed by atoms with Gasteiger partial charge in [-0.15, -0.1) is 0 Å². The van der Waals surface area contributed by atoms with Gasteiger partial charge in [-0.3, -0.25) is 14.5 Å². The lowest BCUT2D eigenvalue weighted by atomic mass is 9.85. The standard InChI is InChI=1S/C28H23ClF3N5O8S2/c1-43-36-20(19-23(29)46-27(33)35-19)24(38)34-18-16-12-13-17(45-47(41,42)28(30,31)32)21(37(16)25(18)39)26(40)44-22(14-8-4-2-5-9-14)15-10-6-3-7-11-15/h2-11,16,18,22H,12-13H2,1H3,(H2,33,35)(H,34,38)/t16-,18?/m1/s1. The molecule has 2 aliphatic heterocycles. The van der Waals surface area contributed by atoms with Crippen LogP contribution in [-0.2, 0) is 38.3 Å². The monoisotopic (exact) mass is 713 g/mol. The van der Waals surface area contributed by atoms with E-state index in [4.69, 9.17) is 26.9 Å². The van der Waals surface area contributed by atoms with Gasteiger partial charge >= 0.3 is 21.6 Å². The third-order valence-electron chi connectivity index (χ3n) is 7.02. The summed E-state index contributed by atoms with van der Waals surface area (Å²) in [5, 5.41) is 6.07. The first-order chi connectivity index (χ1) is 22.2. The number of nitrogens with two attached hydrogens (primary N) is 1. The summed E-state index contributed by atoms with van der Waals surface area (Å²) in [7, 11) is -5.10. The van der Waals surface area contributed by atoms with Gasteiger partial charge in [-0.1, -0.05) is 88.8 Å². The molecule has 0 saturated carbocycles. The summed E-state index contributed by atoms with van der Waals surface area (Å²) in [6.45, 7) is 0. The second-order valence-corrected chi connectivity index (χ2v) is 13.1. The van der Waals surface area contributed by atoms with Gasteiger partial charge in [0, 0.05) is 6.42 Å². The van der Waals surface area contributed by atoms with Gasteiger partial charge in [0.15, 0.2) is 28.4 Å². The van der Waals surface area contributed by atoms with Crippen molar-refractivity contribution in [3.8, 4) is 0 Å².